The van der Waals surface area contributed by atoms with Gasteiger partial charge in [0, 0.05) is 31.4 Å². The zero-order chi connectivity index (χ0) is 14.9. The number of amides is 1. The van der Waals surface area contributed by atoms with Gasteiger partial charge in [-0.25, -0.2) is 0 Å². The number of aryl methyl sites for hydroxylation is 1. The van der Waals surface area contributed by atoms with E-state index in [1.165, 1.54) is 0 Å². The molecule has 0 saturated carbocycles. The molecule has 20 heavy (non-hydrogen) atoms. The first-order valence-corrected chi connectivity index (χ1v) is 7.16. The smallest absolute Gasteiger partial charge is 0.227 e. The quantitative estimate of drug-likeness (QED) is 0.830. The van der Waals surface area contributed by atoms with E-state index >= 15 is 0 Å². The van der Waals surface area contributed by atoms with Gasteiger partial charge in [-0.15, -0.1) is 0 Å². The van der Waals surface area contributed by atoms with E-state index < -0.39 is 0 Å². The molecule has 0 radical (unpaired) electrons. The standard InChI is InChI=1S/C15H21N3OS/c1-10-4-5-12(11(8-10)13(16)20)18-7-6-15(2,9-18)14(19)17-3/h4-5,8H,6-7,9H2,1-3H3,(H2,16,20)(H,17,19). The van der Waals surface area contributed by atoms with Gasteiger partial charge in [-0.05, 0) is 32.4 Å². The summed E-state index contributed by atoms with van der Waals surface area (Å²) < 4.78 is 0. The Hall–Kier alpha value is -1.62. The van der Waals surface area contributed by atoms with Crippen LogP contribution in [0.5, 0.6) is 0 Å². The summed E-state index contributed by atoms with van der Waals surface area (Å²) in [6.45, 7) is 5.54. The second-order valence-corrected chi connectivity index (χ2v) is 6.14. The van der Waals surface area contributed by atoms with Crippen molar-refractivity contribution in [3.8, 4) is 0 Å². The van der Waals surface area contributed by atoms with Crippen LogP contribution in [-0.4, -0.2) is 31.0 Å². The fraction of sp³-hybridized carbons (Fsp3) is 0.467. The summed E-state index contributed by atoms with van der Waals surface area (Å²) in [6.07, 6.45) is 0.831. The number of thiocarbonyl (C=S) groups is 1. The average Bonchev–Trinajstić information content (AvgIpc) is 2.81. The van der Waals surface area contributed by atoms with Gasteiger partial charge in [0.05, 0.1) is 5.41 Å². The second-order valence-electron chi connectivity index (χ2n) is 5.70. The predicted molar refractivity (Wildman–Crippen MR) is 86.1 cm³/mol. The Bertz CT molecular complexity index is 558. The molecule has 1 atom stereocenters. The van der Waals surface area contributed by atoms with E-state index in [1.54, 1.807) is 7.05 Å². The molecular weight excluding hydrogens is 270 g/mol. The predicted octanol–water partition coefficient (Wildman–Crippen LogP) is 1.59. The Morgan fingerprint density at radius 2 is 2.20 bits per heavy atom. The molecule has 0 spiro atoms. The normalized spacial score (nSPS) is 21.9. The molecule has 1 aliphatic heterocycles. The summed E-state index contributed by atoms with van der Waals surface area (Å²) in [5.41, 5.74) is 8.52. The van der Waals surface area contributed by atoms with Gasteiger partial charge in [0.15, 0.2) is 0 Å². The molecule has 1 amide bonds. The molecular formula is C15H21N3OS. The van der Waals surface area contributed by atoms with Crippen molar-refractivity contribution in [1.29, 1.82) is 0 Å². The van der Waals surface area contributed by atoms with Crippen molar-refractivity contribution in [3.63, 3.8) is 0 Å². The van der Waals surface area contributed by atoms with E-state index in [4.69, 9.17) is 18.0 Å². The van der Waals surface area contributed by atoms with Crippen molar-refractivity contribution >= 4 is 28.8 Å². The van der Waals surface area contributed by atoms with E-state index in [-0.39, 0.29) is 11.3 Å². The summed E-state index contributed by atoms with van der Waals surface area (Å²) >= 11 is 5.15. The van der Waals surface area contributed by atoms with Gasteiger partial charge in [-0.2, -0.15) is 0 Å². The average molecular weight is 291 g/mol. The maximum Gasteiger partial charge on any atom is 0.227 e. The summed E-state index contributed by atoms with van der Waals surface area (Å²) in [7, 11) is 1.68. The summed E-state index contributed by atoms with van der Waals surface area (Å²) in [6, 6.07) is 6.10. The van der Waals surface area contributed by atoms with Gasteiger partial charge in [-0.3, -0.25) is 4.79 Å². The molecule has 1 fully saturated rings. The number of rotatable bonds is 3. The van der Waals surface area contributed by atoms with Crippen LogP contribution in [0.3, 0.4) is 0 Å². The van der Waals surface area contributed by atoms with Gasteiger partial charge in [-0.1, -0.05) is 23.8 Å². The molecule has 0 bridgehead atoms. The fourth-order valence-corrected chi connectivity index (χ4v) is 2.94. The van der Waals surface area contributed by atoms with Crippen molar-refractivity contribution in [1.82, 2.24) is 5.32 Å². The molecule has 1 aromatic rings. The Labute approximate surface area is 125 Å². The van der Waals surface area contributed by atoms with E-state index in [0.29, 0.717) is 11.5 Å². The lowest BCUT2D eigenvalue weighted by Crippen LogP contribution is -2.39. The molecule has 5 heteroatoms. The van der Waals surface area contributed by atoms with Crippen LogP contribution in [0, 0.1) is 12.3 Å². The number of nitrogens with two attached hydrogens (primary N) is 1. The molecule has 3 N–H and O–H groups in total. The minimum atomic E-state index is -0.354. The Kier molecular flexibility index (Phi) is 3.99. The van der Waals surface area contributed by atoms with Crippen molar-refractivity contribution in [3.05, 3.63) is 29.3 Å². The first-order valence-electron chi connectivity index (χ1n) is 6.75. The topological polar surface area (TPSA) is 58.4 Å². The molecule has 1 heterocycles. The first-order chi connectivity index (χ1) is 9.37. The third-order valence-corrected chi connectivity index (χ3v) is 4.23. The number of carbonyl (C=O) groups excluding carboxylic acids is 1. The van der Waals surface area contributed by atoms with Crippen molar-refractivity contribution in [2.75, 3.05) is 25.0 Å². The highest BCUT2D eigenvalue weighted by Gasteiger charge is 2.40. The maximum atomic E-state index is 12.0. The molecule has 0 aliphatic carbocycles. The number of benzene rings is 1. The lowest BCUT2D eigenvalue weighted by Gasteiger charge is -2.25. The lowest BCUT2D eigenvalue weighted by molar-refractivity contribution is -0.128. The number of nitrogens with one attached hydrogen (secondary N) is 1. The summed E-state index contributed by atoms with van der Waals surface area (Å²) in [4.78, 5) is 14.6. The zero-order valence-corrected chi connectivity index (χ0v) is 13.0. The third-order valence-electron chi connectivity index (χ3n) is 4.01. The van der Waals surface area contributed by atoms with Crippen LogP contribution in [0.1, 0.15) is 24.5 Å². The van der Waals surface area contributed by atoms with Crippen LogP contribution in [-0.2, 0) is 4.79 Å². The van der Waals surface area contributed by atoms with Gasteiger partial charge >= 0.3 is 0 Å². The molecule has 0 aromatic heterocycles. The molecule has 108 valence electrons. The van der Waals surface area contributed by atoms with Crippen LogP contribution in [0.15, 0.2) is 18.2 Å². The minimum Gasteiger partial charge on any atom is -0.389 e. The van der Waals surface area contributed by atoms with Crippen molar-refractivity contribution in [2.24, 2.45) is 11.1 Å². The van der Waals surface area contributed by atoms with Gasteiger partial charge in [0.1, 0.15) is 4.99 Å². The SMILES string of the molecule is CNC(=O)C1(C)CCN(c2ccc(C)cc2C(N)=S)C1. The van der Waals surface area contributed by atoms with Gasteiger partial charge in [0.2, 0.25) is 5.91 Å². The third kappa shape index (κ3) is 2.63. The van der Waals surface area contributed by atoms with Crippen LogP contribution in [0.4, 0.5) is 5.69 Å². The second kappa shape index (κ2) is 5.40. The van der Waals surface area contributed by atoms with Crippen LogP contribution < -0.4 is 16.0 Å². The number of carbonyl (C=O) groups is 1. The minimum absolute atomic E-state index is 0.0870. The highest BCUT2D eigenvalue weighted by atomic mass is 32.1. The largest absolute Gasteiger partial charge is 0.389 e. The monoisotopic (exact) mass is 291 g/mol. The maximum absolute atomic E-state index is 12.0. The number of hydrogen-bond donors (Lipinski definition) is 2. The zero-order valence-electron chi connectivity index (χ0n) is 12.2. The Balaban J connectivity index is 2.31. The van der Waals surface area contributed by atoms with Crippen LogP contribution in [0.25, 0.3) is 0 Å². The highest BCUT2D eigenvalue weighted by molar-refractivity contribution is 7.80. The molecule has 1 aliphatic rings. The van der Waals surface area contributed by atoms with Crippen molar-refractivity contribution in [2.45, 2.75) is 20.3 Å². The summed E-state index contributed by atoms with van der Waals surface area (Å²) in [5.74, 6) is 0.0870. The van der Waals surface area contributed by atoms with Crippen LogP contribution >= 0.6 is 12.2 Å². The van der Waals surface area contributed by atoms with E-state index in [1.807, 2.05) is 32.0 Å². The Morgan fingerprint density at radius 3 is 2.80 bits per heavy atom. The van der Waals surface area contributed by atoms with E-state index in [0.717, 1.165) is 29.8 Å². The van der Waals surface area contributed by atoms with Gasteiger partial charge < -0.3 is 16.0 Å². The summed E-state index contributed by atoms with van der Waals surface area (Å²) in [5, 5.41) is 2.75. The van der Waals surface area contributed by atoms with Crippen LogP contribution in [0.2, 0.25) is 0 Å². The number of hydrogen-bond acceptors (Lipinski definition) is 3. The van der Waals surface area contributed by atoms with Gasteiger partial charge in [0.25, 0.3) is 0 Å². The first kappa shape index (κ1) is 14.8. The molecule has 2 rings (SSSR count). The molecule has 1 unspecified atom stereocenters. The fourth-order valence-electron chi connectivity index (χ4n) is 2.78. The Morgan fingerprint density at radius 1 is 1.50 bits per heavy atom. The highest BCUT2D eigenvalue weighted by Crippen LogP contribution is 2.35. The number of anilines is 1. The molecule has 1 aromatic carbocycles. The van der Waals surface area contributed by atoms with Crippen molar-refractivity contribution < 1.29 is 4.79 Å². The molecule has 1 saturated heterocycles. The number of nitrogens with zero attached hydrogens (tertiary/aromatic N) is 1. The molecule has 4 nitrogen and oxygen atoms in total. The van der Waals surface area contributed by atoms with E-state index in [2.05, 4.69) is 10.2 Å². The lowest BCUT2D eigenvalue weighted by atomic mass is 9.89. The van der Waals surface area contributed by atoms with E-state index in [9.17, 15) is 4.79 Å².